The van der Waals surface area contributed by atoms with E-state index in [1.165, 1.54) is 18.0 Å². The van der Waals surface area contributed by atoms with Crippen LogP contribution in [-0.4, -0.2) is 23.2 Å². The number of hydrogen-bond donors (Lipinski definition) is 0. The van der Waals surface area contributed by atoms with Crippen LogP contribution in [0.1, 0.15) is 15.9 Å². The van der Waals surface area contributed by atoms with Gasteiger partial charge in [-0.3, -0.25) is 4.79 Å². The van der Waals surface area contributed by atoms with Gasteiger partial charge in [-0.1, -0.05) is 0 Å². The second-order valence-electron chi connectivity index (χ2n) is 3.33. The van der Waals surface area contributed by atoms with Crippen molar-refractivity contribution in [2.45, 2.75) is 0 Å². The van der Waals surface area contributed by atoms with E-state index >= 15 is 0 Å². The van der Waals surface area contributed by atoms with E-state index < -0.39 is 0 Å². The summed E-state index contributed by atoms with van der Waals surface area (Å²) in [5.74, 6) is 0.513. The molecule has 0 unspecified atom stereocenters. The van der Waals surface area contributed by atoms with Crippen LogP contribution in [0.2, 0.25) is 0 Å². The van der Waals surface area contributed by atoms with Gasteiger partial charge in [0.2, 0.25) is 0 Å². The van der Waals surface area contributed by atoms with Gasteiger partial charge in [-0.2, -0.15) is 10.4 Å². The molecule has 0 N–H and O–H groups in total. The van der Waals surface area contributed by atoms with E-state index in [0.29, 0.717) is 22.6 Å². The van der Waals surface area contributed by atoms with Crippen LogP contribution in [0.4, 0.5) is 0 Å². The van der Waals surface area contributed by atoms with Gasteiger partial charge in [-0.05, 0) is 18.2 Å². The molecule has 0 bridgehead atoms. The summed E-state index contributed by atoms with van der Waals surface area (Å²) in [6.07, 6.45) is 3.78. The number of rotatable bonds is 3. The Morgan fingerprint density at radius 2 is 2.35 bits per heavy atom. The molecule has 2 aromatic rings. The van der Waals surface area contributed by atoms with E-state index in [9.17, 15) is 4.79 Å². The average Bonchev–Trinajstić information content (AvgIpc) is 2.86. The Morgan fingerprint density at radius 3 is 2.94 bits per heavy atom. The fourth-order valence-corrected chi connectivity index (χ4v) is 1.46. The lowest BCUT2D eigenvalue weighted by atomic mass is 10.2. The zero-order valence-corrected chi connectivity index (χ0v) is 9.12. The molecule has 0 aliphatic carbocycles. The molecule has 1 aromatic carbocycles. The van der Waals surface area contributed by atoms with Crippen molar-refractivity contribution in [1.29, 1.82) is 5.26 Å². The molecule has 5 heteroatoms. The predicted molar refractivity (Wildman–Crippen MR) is 60.2 cm³/mol. The van der Waals surface area contributed by atoms with Crippen molar-refractivity contribution in [3.63, 3.8) is 0 Å². The molecule has 2 rings (SSSR count). The molecule has 0 aliphatic heterocycles. The van der Waals surface area contributed by atoms with Crippen LogP contribution in [-0.2, 0) is 0 Å². The summed E-state index contributed by atoms with van der Waals surface area (Å²) in [7, 11) is 1.51. The van der Waals surface area contributed by atoms with Crippen molar-refractivity contribution in [1.82, 2.24) is 9.78 Å². The molecule has 0 aliphatic rings. The Bertz CT molecular complexity index is 596. The second-order valence-corrected chi connectivity index (χ2v) is 3.33. The van der Waals surface area contributed by atoms with Crippen LogP contribution in [0.25, 0.3) is 5.69 Å². The van der Waals surface area contributed by atoms with Gasteiger partial charge in [0, 0.05) is 6.20 Å². The van der Waals surface area contributed by atoms with E-state index in [-0.39, 0.29) is 0 Å². The zero-order chi connectivity index (χ0) is 12.3. The standard InChI is InChI=1S/C12H9N3O2/c1-17-12-3-2-11(4-10(12)5-13)15-7-9(8-16)6-14-15/h2-4,6-8H,1H3. The molecule has 1 heterocycles. The van der Waals surface area contributed by atoms with Crippen LogP contribution < -0.4 is 4.74 Å². The van der Waals surface area contributed by atoms with Gasteiger partial charge in [0.1, 0.15) is 11.8 Å². The summed E-state index contributed by atoms with van der Waals surface area (Å²) in [5, 5.41) is 13.0. The van der Waals surface area contributed by atoms with Crippen LogP contribution in [0, 0.1) is 11.3 Å². The average molecular weight is 227 g/mol. The molecular weight excluding hydrogens is 218 g/mol. The monoisotopic (exact) mass is 227 g/mol. The fourth-order valence-electron chi connectivity index (χ4n) is 1.46. The number of carbonyl (C=O) groups is 1. The van der Waals surface area contributed by atoms with E-state index in [4.69, 9.17) is 10.00 Å². The van der Waals surface area contributed by atoms with Gasteiger partial charge >= 0.3 is 0 Å². The fraction of sp³-hybridized carbons (Fsp3) is 0.0833. The summed E-state index contributed by atoms with van der Waals surface area (Å²) in [6.45, 7) is 0. The Kier molecular flexibility index (Phi) is 2.88. The van der Waals surface area contributed by atoms with Gasteiger partial charge < -0.3 is 4.74 Å². The molecule has 0 atom stereocenters. The van der Waals surface area contributed by atoms with Crippen molar-refractivity contribution in [3.05, 3.63) is 41.7 Å². The summed E-state index contributed by atoms with van der Waals surface area (Å²) < 4.78 is 6.58. The van der Waals surface area contributed by atoms with E-state index in [1.807, 2.05) is 6.07 Å². The van der Waals surface area contributed by atoms with Gasteiger partial charge in [0.05, 0.1) is 30.1 Å². The molecular formula is C12H9N3O2. The topological polar surface area (TPSA) is 67.9 Å². The summed E-state index contributed by atoms with van der Waals surface area (Å²) >= 11 is 0. The first-order valence-electron chi connectivity index (χ1n) is 4.87. The predicted octanol–water partition coefficient (Wildman–Crippen LogP) is 1.57. The lowest BCUT2D eigenvalue weighted by Crippen LogP contribution is -1.96. The number of hydrogen-bond acceptors (Lipinski definition) is 4. The van der Waals surface area contributed by atoms with Crippen LogP contribution >= 0.6 is 0 Å². The maximum atomic E-state index is 10.5. The summed E-state index contributed by atoms with van der Waals surface area (Å²) in [6, 6.07) is 7.15. The highest BCUT2D eigenvalue weighted by atomic mass is 16.5. The number of ether oxygens (including phenoxy) is 1. The summed E-state index contributed by atoms with van der Waals surface area (Å²) in [4.78, 5) is 10.5. The second kappa shape index (κ2) is 4.49. The van der Waals surface area contributed by atoms with Gasteiger partial charge in [-0.25, -0.2) is 4.68 Å². The first kappa shape index (κ1) is 10.9. The van der Waals surface area contributed by atoms with E-state index in [1.54, 1.807) is 24.4 Å². The lowest BCUT2D eigenvalue weighted by molar-refractivity contribution is 0.112. The van der Waals surface area contributed by atoms with Crippen molar-refractivity contribution in [3.8, 4) is 17.5 Å². The van der Waals surface area contributed by atoms with Crippen LogP contribution in [0.3, 0.4) is 0 Å². The maximum absolute atomic E-state index is 10.5. The largest absolute Gasteiger partial charge is 0.495 e. The number of aldehydes is 1. The van der Waals surface area contributed by atoms with Crippen molar-refractivity contribution >= 4 is 6.29 Å². The first-order chi connectivity index (χ1) is 8.28. The Balaban J connectivity index is 2.46. The highest BCUT2D eigenvalue weighted by Crippen LogP contribution is 2.20. The third kappa shape index (κ3) is 2.01. The molecule has 17 heavy (non-hydrogen) atoms. The minimum absolute atomic E-state index is 0.424. The van der Waals surface area contributed by atoms with E-state index in [2.05, 4.69) is 5.10 Å². The first-order valence-corrected chi connectivity index (χ1v) is 4.87. The molecule has 0 spiro atoms. The van der Waals surface area contributed by atoms with Crippen molar-refractivity contribution in [2.75, 3.05) is 7.11 Å². The number of aromatic nitrogens is 2. The third-order valence-electron chi connectivity index (χ3n) is 2.31. The van der Waals surface area contributed by atoms with Gasteiger partial charge in [-0.15, -0.1) is 0 Å². The number of methoxy groups -OCH3 is 1. The molecule has 1 aromatic heterocycles. The number of nitrogens with zero attached hydrogens (tertiary/aromatic N) is 3. The van der Waals surface area contributed by atoms with Crippen LogP contribution in [0.15, 0.2) is 30.6 Å². The van der Waals surface area contributed by atoms with Gasteiger partial charge in [0.25, 0.3) is 0 Å². The van der Waals surface area contributed by atoms with Crippen molar-refractivity contribution < 1.29 is 9.53 Å². The highest BCUT2D eigenvalue weighted by molar-refractivity contribution is 5.73. The highest BCUT2D eigenvalue weighted by Gasteiger charge is 2.06. The van der Waals surface area contributed by atoms with Crippen LogP contribution in [0.5, 0.6) is 5.75 Å². The molecule has 0 amide bonds. The number of nitriles is 1. The molecule has 0 saturated carbocycles. The normalized spacial score (nSPS) is 9.65. The van der Waals surface area contributed by atoms with Gasteiger partial charge in [0.15, 0.2) is 6.29 Å². The number of carbonyl (C=O) groups excluding carboxylic acids is 1. The Hall–Kier alpha value is -2.61. The third-order valence-corrected chi connectivity index (χ3v) is 2.31. The molecule has 0 saturated heterocycles. The quantitative estimate of drug-likeness (QED) is 0.746. The zero-order valence-electron chi connectivity index (χ0n) is 9.12. The number of benzene rings is 1. The molecule has 0 fully saturated rings. The lowest BCUT2D eigenvalue weighted by Gasteiger charge is -2.05. The van der Waals surface area contributed by atoms with Crippen molar-refractivity contribution in [2.24, 2.45) is 0 Å². The Labute approximate surface area is 97.9 Å². The SMILES string of the molecule is COc1ccc(-n2cc(C=O)cn2)cc1C#N. The maximum Gasteiger partial charge on any atom is 0.153 e. The summed E-state index contributed by atoms with van der Waals surface area (Å²) in [5.41, 5.74) is 1.61. The smallest absolute Gasteiger partial charge is 0.153 e. The van der Waals surface area contributed by atoms with E-state index in [0.717, 1.165) is 6.29 Å². The molecule has 0 radical (unpaired) electrons. The minimum Gasteiger partial charge on any atom is -0.495 e. The molecule has 5 nitrogen and oxygen atoms in total. The molecule has 84 valence electrons. The minimum atomic E-state index is 0.424. The Morgan fingerprint density at radius 1 is 1.53 bits per heavy atom.